The summed E-state index contributed by atoms with van der Waals surface area (Å²) >= 11 is 9.55. The second-order valence-corrected chi connectivity index (χ2v) is 8.35. The van der Waals surface area contributed by atoms with Crippen LogP contribution in [0.15, 0.2) is 50.8 Å². The normalized spacial score (nSPS) is 11.9. The minimum Gasteiger partial charge on any atom is -0.490 e. The van der Waals surface area contributed by atoms with Crippen molar-refractivity contribution in [1.29, 1.82) is 0 Å². The van der Waals surface area contributed by atoms with Gasteiger partial charge in [-0.3, -0.25) is 4.79 Å². The zero-order valence-electron chi connectivity index (χ0n) is 16.1. The molecular formula is C21H21BrClN3O2. The summed E-state index contributed by atoms with van der Waals surface area (Å²) in [6.45, 7) is 7.85. The van der Waals surface area contributed by atoms with E-state index in [1.54, 1.807) is 30.5 Å². The molecule has 1 heterocycles. The number of fused-ring (bicyclic) bond motifs is 1. The van der Waals surface area contributed by atoms with Gasteiger partial charge in [0.15, 0.2) is 0 Å². The van der Waals surface area contributed by atoms with Crippen LogP contribution in [0.2, 0.25) is 5.02 Å². The molecule has 1 aromatic heterocycles. The molecule has 146 valence electrons. The van der Waals surface area contributed by atoms with Crippen LogP contribution >= 0.6 is 27.5 Å². The predicted octanol–water partition coefficient (Wildman–Crippen LogP) is 5.61. The molecule has 5 nitrogen and oxygen atoms in total. The SMILES string of the molecule is CC(C)Oc1ccc(Cl)cc1C=Nn1c(C(C)C)nc2ccc(Br)cc2c1=O. The van der Waals surface area contributed by atoms with Crippen molar-refractivity contribution < 1.29 is 4.74 Å². The summed E-state index contributed by atoms with van der Waals surface area (Å²) in [5.74, 6) is 1.26. The lowest BCUT2D eigenvalue weighted by molar-refractivity contribution is 0.242. The molecule has 0 amide bonds. The number of ether oxygens (including phenoxy) is 1. The third-order valence-electron chi connectivity index (χ3n) is 4.00. The lowest BCUT2D eigenvalue weighted by Crippen LogP contribution is -2.23. The molecule has 0 fully saturated rings. The highest BCUT2D eigenvalue weighted by Gasteiger charge is 2.14. The summed E-state index contributed by atoms with van der Waals surface area (Å²) in [5.41, 5.74) is 1.12. The average molecular weight is 463 g/mol. The molecule has 0 saturated heterocycles. The lowest BCUT2D eigenvalue weighted by atomic mass is 10.2. The van der Waals surface area contributed by atoms with Gasteiger partial charge in [-0.15, -0.1) is 0 Å². The Morgan fingerprint density at radius 1 is 1.18 bits per heavy atom. The van der Waals surface area contributed by atoms with Crippen LogP contribution in [-0.2, 0) is 0 Å². The first-order valence-electron chi connectivity index (χ1n) is 8.99. The molecular weight excluding hydrogens is 442 g/mol. The van der Waals surface area contributed by atoms with Crippen molar-refractivity contribution in [3.8, 4) is 5.75 Å². The van der Waals surface area contributed by atoms with Crippen LogP contribution < -0.4 is 10.3 Å². The van der Waals surface area contributed by atoms with E-state index in [0.717, 1.165) is 4.47 Å². The number of nitrogens with zero attached hydrogens (tertiary/aromatic N) is 3. The number of benzene rings is 2. The van der Waals surface area contributed by atoms with Crippen LogP contribution in [0.4, 0.5) is 0 Å². The van der Waals surface area contributed by atoms with E-state index in [1.165, 1.54) is 4.68 Å². The number of halogens is 2. The van der Waals surface area contributed by atoms with Gasteiger partial charge in [-0.25, -0.2) is 4.98 Å². The van der Waals surface area contributed by atoms with Crippen molar-refractivity contribution in [1.82, 2.24) is 9.66 Å². The maximum absolute atomic E-state index is 13.1. The molecule has 28 heavy (non-hydrogen) atoms. The van der Waals surface area contributed by atoms with E-state index in [2.05, 4.69) is 26.0 Å². The fourth-order valence-corrected chi connectivity index (χ4v) is 3.29. The van der Waals surface area contributed by atoms with Gasteiger partial charge in [0, 0.05) is 21.0 Å². The Kier molecular flexibility index (Phi) is 6.20. The van der Waals surface area contributed by atoms with E-state index in [9.17, 15) is 4.79 Å². The van der Waals surface area contributed by atoms with E-state index >= 15 is 0 Å². The van der Waals surface area contributed by atoms with Crippen molar-refractivity contribution in [3.05, 3.63) is 67.6 Å². The molecule has 0 radical (unpaired) electrons. The van der Waals surface area contributed by atoms with Crippen LogP contribution in [0.5, 0.6) is 5.75 Å². The highest BCUT2D eigenvalue weighted by atomic mass is 79.9. The molecule has 2 aromatic carbocycles. The molecule has 0 saturated carbocycles. The summed E-state index contributed by atoms with van der Waals surface area (Å²) in [4.78, 5) is 17.7. The number of aromatic nitrogens is 2. The van der Waals surface area contributed by atoms with Crippen molar-refractivity contribution in [2.24, 2.45) is 5.10 Å². The topological polar surface area (TPSA) is 56.5 Å². The van der Waals surface area contributed by atoms with Gasteiger partial charge >= 0.3 is 0 Å². The van der Waals surface area contributed by atoms with Crippen LogP contribution in [0.3, 0.4) is 0 Å². The Balaban J connectivity index is 2.17. The smallest absolute Gasteiger partial charge is 0.282 e. The van der Waals surface area contributed by atoms with E-state index in [4.69, 9.17) is 16.3 Å². The Hall–Kier alpha value is -2.18. The first-order chi connectivity index (χ1) is 13.3. The minimum absolute atomic E-state index is 0.00181. The summed E-state index contributed by atoms with van der Waals surface area (Å²) in [5, 5.41) is 5.51. The monoisotopic (exact) mass is 461 g/mol. The number of hydrogen-bond donors (Lipinski definition) is 0. The average Bonchev–Trinajstić information content (AvgIpc) is 2.62. The fraction of sp³-hybridized carbons (Fsp3) is 0.286. The Morgan fingerprint density at radius 3 is 2.61 bits per heavy atom. The summed E-state index contributed by atoms with van der Waals surface area (Å²) < 4.78 is 7.98. The molecule has 3 aromatic rings. The minimum atomic E-state index is -0.223. The van der Waals surface area contributed by atoms with Crippen LogP contribution in [0, 0.1) is 0 Å². The predicted molar refractivity (Wildman–Crippen MR) is 118 cm³/mol. The zero-order valence-corrected chi connectivity index (χ0v) is 18.5. The third-order valence-corrected chi connectivity index (χ3v) is 4.72. The summed E-state index contributed by atoms with van der Waals surface area (Å²) in [7, 11) is 0. The summed E-state index contributed by atoms with van der Waals surface area (Å²) in [6, 6.07) is 10.8. The molecule has 0 aliphatic rings. The fourth-order valence-electron chi connectivity index (χ4n) is 2.75. The number of hydrogen-bond acceptors (Lipinski definition) is 4. The van der Waals surface area contributed by atoms with Crippen LogP contribution in [-0.4, -0.2) is 22.0 Å². The molecule has 0 N–H and O–H groups in total. The van der Waals surface area contributed by atoms with Gasteiger partial charge < -0.3 is 4.74 Å². The second kappa shape index (κ2) is 8.45. The summed E-state index contributed by atoms with van der Waals surface area (Å²) in [6.07, 6.45) is 1.59. The van der Waals surface area contributed by atoms with Gasteiger partial charge in [0.1, 0.15) is 11.6 Å². The molecule has 0 spiro atoms. The zero-order chi connectivity index (χ0) is 20.4. The van der Waals surface area contributed by atoms with Gasteiger partial charge in [-0.2, -0.15) is 9.78 Å². The maximum atomic E-state index is 13.1. The third kappa shape index (κ3) is 4.45. The largest absolute Gasteiger partial charge is 0.490 e. The Morgan fingerprint density at radius 2 is 1.93 bits per heavy atom. The number of rotatable bonds is 5. The lowest BCUT2D eigenvalue weighted by Gasteiger charge is -2.14. The van der Waals surface area contributed by atoms with Crippen molar-refractivity contribution in [2.45, 2.75) is 39.7 Å². The van der Waals surface area contributed by atoms with Gasteiger partial charge in [-0.1, -0.05) is 41.4 Å². The molecule has 0 bridgehead atoms. The van der Waals surface area contributed by atoms with Crippen molar-refractivity contribution in [2.75, 3.05) is 0 Å². The molecule has 3 rings (SSSR count). The van der Waals surface area contributed by atoms with Gasteiger partial charge in [0.2, 0.25) is 0 Å². The Labute approximate surface area is 177 Å². The molecule has 0 aliphatic heterocycles. The van der Waals surface area contributed by atoms with E-state index < -0.39 is 0 Å². The standard InChI is InChI=1S/C21H21BrClN3O2/c1-12(2)20-25-18-7-5-15(22)10-17(18)21(27)26(20)24-11-14-9-16(23)6-8-19(14)28-13(3)4/h5-13H,1-4H3. The van der Waals surface area contributed by atoms with Crippen LogP contribution in [0.25, 0.3) is 10.9 Å². The van der Waals surface area contributed by atoms with E-state index in [0.29, 0.717) is 33.1 Å². The van der Waals surface area contributed by atoms with Gasteiger partial charge in [-0.05, 0) is 50.2 Å². The maximum Gasteiger partial charge on any atom is 0.282 e. The van der Waals surface area contributed by atoms with Gasteiger partial charge in [0.05, 0.1) is 23.2 Å². The first-order valence-corrected chi connectivity index (χ1v) is 10.2. The molecule has 0 atom stereocenters. The molecule has 0 aliphatic carbocycles. The van der Waals surface area contributed by atoms with Crippen LogP contribution in [0.1, 0.15) is 45.0 Å². The quantitative estimate of drug-likeness (QED) is 0.463. The highest BCUT2D eigenvalue weighted by Crippen LogP contribution is 2.23. The Bertz CT molecular complexity index is 1110. The first kappa shape index (κ1) is 20.6. The highest BCUT2D eigenvalue weighted by molar-refractivity contribution is 9.10. The second-order valence-electron chi connectivity index (χ2n) is 7.00. The molecule has 0 unspecified atom stereocenters. The van der Waals surface area contributed by atoms with Crippen molar-refractivity contribution >= 4 is 44.6 Å². The van der Waals surface area contributed by atoms with Crippen molar-refractivity contribution in [3.63, 3.8) is 0 Å². The van der Waals surface area contributed by atoms with Gasteiger partial charge in [0.25, 0.3) is 5.56 Å². The van der Waals surface area contributed by atoms with E-state index in [1.807, 2.05) is 39.8 Å². The molecule has 7 heteroatoms. The van der Waals surface area contributed by atoms with E-state index in [-0.39, 0.29) is 17.6 Å².